The van der Waals surface area contributed by atoms with E-state index in [4.69, 9.17) is 4.42 Å². The molecule has 100 valence electrons. The lowest BCUT2D eigenvalue weighted by Crippen LogP contribution is -2.18. The Balaban J connectivity index is 2.29. The van der Waals surface area contributed by atoms with E-state index < -0.39 is 5.56 Å². The van der Waals surface area contributed by atoms with E-state index in [2.05, 4.69) is 4.98 Å². The first-order chi connectivity index (χ1) is 9.66. The first-order valence-electron chi connectivity index (χ1n) is 6.03. The molecule has 0 atom stereocenters. The Labute approximate surface area is 118 Å². The number of hydrogen-bond acceptors (Lipinski definition) is 4. The van der Waals surface area contributed by atoms with Crippen LogP contribution in [0.2, 0.25) is 0 Å². The first kappa shape index (κ1) is 12.6. The molecule has 5 heteroatoms. The van der Waals surface area contributed by atoms with Gasteiger partial charge in [-0.3, -0.25) is 9.59 Å². The van der Waals surface area contributed by atoms with Gasteiger partial charge in [-0.25, -0.2) is 0 Å². The Bertz CT molecular complexity index is 798. The van der Waals surface area contributed by atoms with Gasteiger partial charge in [0.1, 0.15) is 5.76 Å². The van der Waals surface area contributed by atoms with Crippen LogP contribution in [0.25, 0.3) is 21.9 Å². The maximum absolute atomic E-state index is 12.2. The van der Waals surface area contributed by atoms with Crippen molar-refractivity contribution in [3.05, 3.63) is 57.9 Å². The molecule has 20 heavy (non-hydrogen) atoms. The third kappa shape index (κ3) is 2.12. The molecule has 3 rings (SSSR count). The average molecular weight is 285 g/mol. The van der Waals surface area contributed by atoms with Crippen molar-refractivity contribution in [1.29, 1.82) is 0 Å². The van der Waals surface area contributed by atoms with Gasteiger partial charge in [-0.15, -0.1) is 11.3 Å². The predicted octanol–water partition coefficient (Wildman–Crippen LogP) is 3.57. The van der Waals surface area contributed by atoms with Crippen molar-refractivity contribution < 1.29 is 9.21 Å². The van der Waals surface area contributed by atoms with E-state index >= 15 is 0 Å². The van der Waals surface area contributed by atoms with Crippen molar-refractivity contribution >= 4 is 17.1 Å². The number of hydrogen-bond donors (Lipinski definition) is 1. The van der Waals surface area contributed by atoms with Gasteiger partial charge in [0.2, 0.25) is 0 Å². The molecule has 0 aliphatic rings. The molecule has 0 saturated carbocycles. The number of rotatable bonds is 3. The van der Waals surface area contributed by atoms with Gasteiger partial charge in [0.15, 0.2) is 5.78 Å². The van der Waals surface area contributed by atoms with Gasteiger partial charge in [-0.2, -0.15) is 0 Å². The van der Waals surface area contributed by atoms with Crippen LogP contribution in [0.15, 0.2) is 51.2 Å². The summed E-state index contributed by atoms with van der Waals surface area (Å²) in [6.45, 7) is 1.38. The van der Waals surface area contributed by atoms with Crippen molar-refractivity contribution in [3.63, 3.8) is 0 Å². The van der Waals surface area contributed by atoms with E-state index in [1.54, 1.807) is 18.2 Å². The molecule has 3 aromatic rings. The Morgan fingerprint density at radius 3 is 2.75 bits per heavy atom. The van der Waals surface area contributed by atoms with E-state index in [0.717, 1.165) is 4.88 Å². The second-order valence-corrected chi connectivity index (χ2v) is 5.26. The maximum atomic E-state index is 12.2. The molecule has 3 aromatic heterocycles. The lowest BCUT2D eigenvalue weighted by atomic mass is 10.0. The number of carbonyl (C=O) groups excluding carboxylic acids is 1. The summed E-state index contributed by atoms with van der Waals surface area (Å²) in [6, 6.07) is 9.06. The highest BCUT2D eigenvalue weighted by molar-refractivity contribution is 7.13. The number of pyridine rings is 1. The van der Waals surface area contributed by atoms with Crippen molar-refractivity contribution in [2.24, 2.45) is 0 Å². The fraction of sp³-hybridized carbons (Fsp3) is 0.0667. The zero-order valence-corrected chi connectivity index (χ0v) is 11.5. The molecule has 0 amide bonds. The number of nitrogens with one attached hydrogen (secondary N) is 1. The quantitative estimate of drug-likeness (QED) is 0.748. The van der Waals surface area contributed by atoms with E-state index in [0.29, 0.717) is 17.0 Å². The summed E-state index contributed by atoms with van der Waals surface area (Å²) in [5.74, 6) is 0.231. The average Bonchev–Trinajstić information content (AvgIpc) is 3.11. The highest BCUT2D eigenvalue weighted by atomic mass is 32.1. The lowest BCUT2D eigenvalue weighted by Gasteiger charge is -2.06. The SMILES string of the molecule is CC(=O)c1c(-c2ccco2)cc(-c2cccs2)[nH]c1=O. The van der Waals surface area contributed by atoms with Gasteiger partial charge in [0.05, 0.1) is 22.4 Å². The van der Waals surface area contributed by atoms with Crippen molar-refractivity contribution in [2.45, 2.75) is 6.92 Å². The van der Waals surface area contributed by atoms with Crippen molar-refractivity contribution in [3.8, 4) is 21.9 Å². The number of aromatic amines is 1. The summed E-state index contributed by atoms with van der Waals surface area (Å²) >= 11 is 1.52. The summed E-state index contributed by atoms with van der Waals surface area (Å²) in [7, 11) is 0. The standard InChI is InChI=1S/C15H11NO3S/c1-9(17)14-10(12-4-2-6-19-12)8-11(16-15(14)18)13-5-3-7-20-13/h2-8H,1H3,(H,16,18). The topological polar surface area (TPSA) is 63.1 Å². The lowest BCUT2D eigenvalue weighted by molar-refractivity contribution is 0.101. The molecule has 0 saturated heterocycles. The Morgan fingerprint density at radius 1 is 1.30 bits per heavy atom. The molecular weight excluding hydrogens is 274 g/mol. The van der Waals surface area contributed by atoms with E-state index in [-0.39, 0.29) is 11.3 Å². The van der Waals surface area contributed by atoms with Crippen molar-refractivity contribution in [1.82, 2.24) is 4.98 Å². The highest BCUT2D eigenvalue weighted by Crippen LogP contribution is 2.28. The Hall–Kier alpha value is -2.40. The van der Waals surface area contributed by atoms with Crippen LogP contribution < -0.4 is 5.56 Å². The summed E-state index contributed by atoms with van der Waals surface area (Å²) in [4.78, 5) is 27.6. The molecular formula is C15H11NO3S. The van der Waals surface area contributed by atoms with Crippen LogP contribution in [0.5, 0.6) is 0 Å². The fourth-order valence-corrected chi connectivity index (χ4v) is 2.80. The zero-order chi connectivity index (χ0) is 14.1. The molecule has 0 fully saturated rings. The number of Topliss-reactive ketones (excluding diaryl/α,β-unsaturated/α-hetero) is 1. The van der Waals surface area contributed by atoms with Crippen LogP contribution in [0.3, 0.4) is 0 Å². The largest absolute Gasteiger partial charge is 0.464 e. The summed E-state index contributed by atoms with van der Waals surface area (Å²) < 4.78 is 5.34. The Kier molecular flexibility index (Phi) is 3.12. The first-order valence-corrected chi connectivity index (χ1v) is 6.91. The van der Waals surface area contributed by atoms with E-state index in [1.807, 2.05) is 17.5 Å². The minimum atomic E-state index is -0.394. The van der Waals surface area contributed by atoms with Gasteiger partial charge in [0.25, 0.3) is 5.56 Å². The van der Waals surface area contributed by atoms with Gasteiger partial charge in [-0.1, -0.05) is 6.07 Å². The highest BCUT2D eigenvalue weighted by Gasteiger charge is 2.17. The van der Waals surface area contributed by atoms with Crippen LogP contribution in [0, 0.1) is 0 Å². The number of thiophene rings is 1. The molecule has 0 radical (unpaired) electrons. The third-order valence-corrected chi connectivity index (χ3v) is 3.86. The fourth-order valence-electron chi connectivity index (χ4n) is 2.10. The molecule has 0 bridgehead atoms. The van der Waals surface area contributed by atoms with Crippen LogP contribution in [-0.2, 0) is 0 Å². The molecule has 0 unspecified atom stereocenters. The summed E-state index contributed by atoms with van der Waals surface area (Å²) in [5.41, 5.74) is 0.936. The number of aromatic nitrogens is 1. The normalized spacial score (nSPS) is 10.7. The second kappa shape index (κ2) is 4.94. The second-order valence-electron chi connectivity index (χ2n) is 4.31. The van der Waals surface area contributed by atoms with Gasteiger partial charge >= 0.3 is 0 Å². The molecule has 0 aliphatic heterocycles. The Morgan fingerprint density at radius 2 is 2.15 bits per heavy atom. The third-order valence-electron chi connectivity index (χ3n) is 2.96. The summed E-state index contributed by atoms with van der Waals surface area (Å²) in [6.07, 6.45) is 1.52. The van der Waals surface area contributed by atoms with Crippen LogP contribution in [0.4, 0.5) is 0 Å². The van der Waals surface area contributed by atoms with Crippen molar-refractivity contribution in [2.75, 3.05) is 0 Å². The number of ketones is 1. The summed E-state index contributed by atoms with van der Waals surface area (Å²) in [5, 5.41) is 1.93. The maximum Gasteiger partial charge on any atom is 0.260 e. The van der Waals surface area contributed by atoms with Gasteiger partial charge in [0, 0.05) is 5.56 Å². The minimum Gasteiger partial charge on any atom is -0.464 e. The zero-order valence-electron chi connectivity index (χ0n) is 10.7. The molecule has 0 spiro atoms. The molecule has 1 N–H and O–H groups in total. The van der Waals surface area contributed by atoms with E-state index in [1.165, 1.54) is 24.5 Å². The molecule has 0 aromatic carbocycles. The smallest absolute Gasteiger partial charge is 0.260 e. The monoisotopic (exact) mass is 285 g/mol. The van der Waals surface area contributed by atoms with Crippen LogP contribution >= 0.6 is 11.3 Å². The number of carbonyl (C=O) groups is 1. The van der Waals surface area contributed by atoms with Gasteiger partial charge in [-0.05, 0) is 36.6 Å². The van der Waals surface area contributed by atoms with Crippen LogP contribution in [-0.4, -0.2) is 10.8 Å². The number of furan rings is 1. The number of H-pyrrole nitrogens is 1. The minimum absolute atomic E-state index is 0.125. The molecule has 0 aliphatic carbocycles. The van der Waals surface area contributed by atoms with Crippen LogP contribution in [0.1, 0.15) is 17.3 Å². The molecule has 3 heterocycles. The van der Waals surface area contributed by atoms with Gasteiger partial charge < -0.3 is 9.40 Å². The molecule has 4 nitrogen and oxygen atoms in total. The predicted molar refractivity (Wildman–Crippen MR) is 78.1 cm³/mol. The van der Waals surface area contributed by atoms with E-state index in [9.17, 15) is 9.59 Å².